The van der Waals surface area contributed by atoms with Crippen LogP contribution >= 0.6 is 0 Å². The molecule has 0 bridgehead atoms. The van der Waals surface area contributed by atoms with E-state index >= 15 is 4.39 Å². The lowest BCUT2D eigenvalue weighted by molar-refractivity contribution is -0.132. The Morgan fingerprint density at radius 1 is 1.08 bits per heavy atom. The Morgan fingerprint density at radius 2 is 1.95 bits per heavy atom. The van der Waals surface area contributed by atoms with Crippen LogP contribution in [0.25, 0.3) is 27.7 Å². The molecule has 4 aromatic rings. The number of imidazole rings is 1. The third kappa shape index (κ3) is 4.28. The average molecular weight is 525 g/mol. The molecule has 200 valence electrons. The van der Waals surface area contributed by atoms with Crippen molar-refractivity contribution in [1.29, 1.82) is 0 Å². The lowest BCUT2D eigenvalue weighted by atomic mass is 9.86. The summed E-state index contributed by atoms with van der Waals surface area (Å²) in [4.78, 5) is 32.8. The van der Waals surface area contributed by atoms with Crippen molar-refractivity contribution < 1.29 is 14.0 Å². The smallest absolute Gasteiger partial charge is 0.222 e. The molecule has 2 aliphatic carbocycles. The maximum Gasteiger partial charge on any atom is 0.222 e. The molecule has 0 unspecified atom stereocenters. The number of hydrogen-bond donors (Lipinski definition) is 0. The Labute approximate surface area is 227 Å². The molecule has 4 heterocycles. The van der Waals surface area contributed by atoms with Crippen molar-refractivity contribution >= 4 is 39.4 Å². The highest BCUT2D eigenvalue weighted by Crippen LogP contribution is 2.42. The first-order valence-electron chi connectivity index (χ1n) is 14.3. The molecule has 1 fully saturated rings. The number of carbonyl (C=O) groups excluding carboxylic acids is 2. The van der Waals surface area contributed by atoms with Gasteiger partial charge in [0.25, 0.3) is 0 Å². The van der Waals surface area contributed by atoms with Gasteiger partial charge in [0.05, 0.1) is 17.4 Å². The molecule has 39 heavy (non-hydrogen) atoms. The highest BCUT2D eigenvalue weighted by molar-refractivity contribution is 6.31. The van der Waals surface area contributed by atoms with Crippen molar-refractivity contribution in [3.8, 4) is 0 Å². The zero-order valence-corrected chi connectivity index (χ0v) is 22.2. The van der Waals surface area contributed by atoms with Crippen molar-refractivity contribution in [2.45, 2.75) is 70.9 Å². The summed E-state index contributed by atoms with van der Waals surface area (Å²) >= 11 is 0. The second-order valence-corrected chi connectivity index (χ2v) is 11.4. The van der Waals surface area contributed by atoms with Gasteiger partial charge in [-0.25, -0.2) is 9.37 Å². The molecular weight excluding hydrogens is 491 g/mol. The van der Waals surface area contributed by atoms with Crippen LogP contribution < -0.4 is 0 Å². The second kappa shape index (κ2) is 9.78. The van der Waals surface area contributed by atoms with Crippen molar-refractivity contribution in [2.24, 2.45) is 5.92 Å². The van der Waals surface area contributed by atoms with Gasteiger partial charge >= 0.3 is 0 Å². The number of rotatable bonds is 5. The van der Waals surface area contributed by atoms with Gasteiger partial charge in [0.1, 0.15) is 11.5 Å². The van der Waals surface area contributed by atoms with Gasteiger partial charge in [0.2, 0.25) is 5.91 Å². The normalized spacial score (nSPS) is 18.5. The van der Waals surface area contributed by atoms with E-state index in [1.807, 2.05) is 33.7 Å². The molecule has 3 aromatic heterocycles. The molecule has 0 N–H and O–H groups in total. The molecule has 1 saturated carbocycles. The van der Waals surface area contributed by atoms with Crippen LogP contribution in [0.1, 0.15) is 74.6 Å². The quantitative estimate of drug-likeness (QED) is 0.303. The standard InChI is InChI=1S/C32H33FN4O2/c33-23-16-22-19-35(30(39)12-9-21-6-2-1-3-7-21)14-15-36-20-26(25(17-23)32(22)36)24-10-11-28(38)31(24)27-18-34-29-8-4-5-13-37(27)29/h4-5,8,13,16-18,20-21H,1-3,6-7,9-12,14-15,19H2. The molecular formula is C32H33FN4O2. The van der Waals surface area contributed by atoms with E-state index in [-0.39, 0.29) is 17.5 Å². The Hall–Kier alpha value is -3.74. The van der Waals surface area contributed by atoms with Crippen molar-refractivity contribution in [3.63, 3.8) is 0 Å². The summed E-state index contributed by atoms with van der Waals surface area (Å²) in [6.07, 6.45) is 14.7. The van der Waals surface area contributed by atoms with Gasteiger partial charge in [-0.3, -0.25) is 14.0 Å². The maximum absolute atomic E-state index is 15.1. The first-order chi connectivity index (χ1) is 19.1. The third-order valence-electron chi connectivity index (χ3n) is 9.01. The van der Waals surface area contributed by atoms with E-state index in [0.717, 1.165) is 45.4 Å². The number of halogens is 1. The zero-order chi connectivity index (χ0) is 26.5. The van der Waals surface area contributed by atoms with E-state index in [9.17, 15) is 9.59 Å². The molecule has 3 aliphatic rings. The van der Waals surface area contributed by atoms with Gasteiger partial charge in [-0.1, -0.05) is 38.2 Å². The van der Waals surface area contributed by atoms with Crippen molar-refractivity contribution in [1.82, 2.24) is 18.9 Å². The number of Topliss-reactive ketones (excluding diaryl/α,β-unsaturated/α-hetero) is 1. The van der Waals surface area contributed by atoms with E-state index in [1.165, 1.54) is 32.1 Å². The van der Waals surface area contributed by atoms with Crippen LogP contribution in [0.5, 0.6) is 0 Å². The van der Waals surface area contributed by atoms with Crippen LogP contribution in [0.15, 0.2) is 48.9 Å². The van der Waals surface area contributed by atoms with Crippen molar-refractivity contribution in [3.05, 3.63) is 71.6 Å². The fourth-order valence-corrected chi connectivity index (χ4v) is 7.06. The summed E-state index contributed by atoms with van der Waals surface area (Å²) in [5.74, 6) is 0.614. The Kier molecular flexibility index (Phi) is 6.09. The number of nitrogens with zero attached hydrogens (tertiary/aromatic N) is 4. The Balaban J connectivity index is 1.25. The van der Waals surface area contributed by atoms with Crippen LogP contribution in [-0.2, 0) is 22.7 Å². The summed E-state index contributed by atoms with van der Waals surface area (Å²) in [6.45, 7) is 1.66. The zero-order valence-electron chi connectivity index (χ0n) is 22.2. The SMILES string of the molecule is O=C1CCC(c2cn3c4c(cc(F)cc24)CN(C(=O)CCC2CCCCC2)CC3)=C1c1cnc2ccccn12. The van der Waals surface area contributed by atoms with E-state index in [4.69, 9.17) is 0 Å². The second-order valence-electron chi connectivity index (χ2n) is 11.4. The Morgan fingerprint density at radius 3 is 2.82 bits per heavy atom. The summed E-state index contributed by atoms with van der Waals surface area (Å²) in [5, 5.41) is 0.817. The first kappa shape index (κ1) is 24.3. The van der Waals surface area contributed by atoms with E-state index < -0.39 is 0 Å². The predicted octanol–water partition coefficient (Wildman–Crippen LogP) is 6.40. The largest absolute Gasteiger partial charge is 0.345 e. The van der Waals surface area contributed by atoms with E-state index in [2.05, 4.69) is 15.7 Å². The van der Waals surface area contributed by atoms with Crippen LogP contribution in [-0.4, -0.2) is 37.1 Å². The molecule has 7 heteroatoms. The summed E-state index contributed by atoms with van der Waals surface area (Å²) < 4.78 is 19.2. The maximum atomic E-state index is 15.1. The minimum atomic E-state index is -0.311. The van der Waals surface area contributed by atoms with Crippen LogP contribution in [0, 0.1) is 11.7 Å². The van der Waals surface area contributed by atoms with E-state index in [1.54, 1.807) is 18.3 Å². The highest BCUT2D eigenvalue weighted by atomic mass is 19.1. The number of hydrogen-bond acceptors (Lipinski definition) is 3. The summed E-state index contributed by atoms with van der Waals surface area (Å²) in [5.41, 5.74) is 5.91. The molecule has 7 rings (SSSR count). The number of ketones is 1. The number of benzene rings is 1. The topological polar surface area (TPSA) is 59.6 Å². The lowest BCUT2D eigenvalue weighted by Gasteiger charge is -2.24. The van der Waals surface area contributed by atoms with Crippen molar-refractivity contribution in [2.75, 3.05) is 6.54 Å². The van der Waals surface area contributed by atoms with Gasteiger partial charge in [-0.15, -0.1) is 0 Å². The Bertz CT molecular complexity index is 1640. The highest BCUT2D eigenvalue weighted by Gasteiger charge is 2.31. The van der Waals surface area contributed by atoms with Crippen LogP contribution in [0.3, 0.4) is 0 Å². The summed E-state index contributed by atoms with van der Waals surface area (Å²) in [7, 11) is 0. The molecule has 0 radical (unpaired) electrons. The number of fused-ring (bicyclic) bond motifs is 1. The number of allylic oxidation sites excluding steroid dienone is 2. The number of amides is 1. The monoisotopic (exact) mass is 524 g/mol. The number of pyridine rings is 1. The van der Waals surface area contributed by atoms with E-state index in [0.29, 0.717) is 50.4 Å². The number of aromatic nitrogens is 3. The van der Waals surface area contributed by atoms with Gasteiger partial charge in [0.15, 0.2) is 5.78 Å². The molecule has 0 saturated heterocycles. The lowest BCUT2D eigenvalue weighted by Crippen LogP contribution is -2.32. The molecule has 0 spiro atoms. The minimum absolute atomic E-state index is 0.0926. The van der Waals surface area contributed by atoms with Crippen LogP contribution in [0.4, 0.5) is 4.39 Å². The van der Waals surface area contributed by atoms with Crippen LogP contribution in [0.2, 0.25) is 0 Å². The fourth-order valence-electron chi connectivity index (χ4n) is 7.06. The van der Waals surface area contributed by atoms with Gasteiger partial charge in [-0.05, 0) is 54.2 Å². The van der Waals surface area contributed by atoms with Gasteiger partial charge in [-0.2, -0.15) is 0 Å². The average Bonchev–Trinajstić information content (AvgIpc) is 3.61. The molecule has 1 amide bonds. The number of carbonyl (C=O) groups is 2. The minimum Gasteiger partial charge on any atom is -0.345 e. The molecule has 0 atom stereocenters. The first-order valence-corrected chi connectivity index (χ1v) is 14.3. The third-order valence-corrected chi connectivity index (χ3v) is 9.01. The van der Waals surface area contributed by atoms with Gasteiger partial charge in [0, 0.05) is 61.4 Å². The molecule has 6 nitrogen and oxygen atoms in total. The fraction of sp³-hybridized carbons (Fsp3) is 0.406. The summed E-state index contributed by atoms with van der Waals surface area (Å²) in [6, 6.07) is 8.95. The van der Waals surface area contributed by atoms with Gasteiger partial charge < -0.3 is 9.47 Å². The molecule has 1 aromatic carbocycles. The predicted molar refractivity (Wildman–Crippen MR) is 149 cm³/mol. The molecule has 1 aliphatic heterocycles.